The van der Waals surface area contributed by atoms with E-state index in [9.17, 15) is 5.11 Å². The van der Waals surface area contributed by atoms with E-state index in [0.717, 1.165) is 37.5 Å². The Balaban J connectivity index is 1.80. The van der Waals surface area contributed by atoms with E-state index in [-0.39, 0.29) is 0 Å². The fraction of sp³-hybridized carbons (Fsp3) is 0.625. The predicted molar refractivity (Wildman–Crippen MR) is 79.2 cm³/mol. The molecule has 1 fully saturated rings. The van der Waals surface area contributed by atoms with Crippen LogP contribution in [0.15, 0.2) is 24.3 Å². The van der Waals surface area contributed by atoms with Crippen LogP contribution in [0.3, 0.4) is 0 Å². The lowest BCUT2D eigenvalue weighted by Crippen LogP contribution is -2.41. The van der Waals surface area contributed by atoms with Crippen LogP contribution in [0.4, 0.5) is 0 Å². The summed E-state index contributed by atoms with van der Waals surface area (Å²) in [7, 11) is 0. The van der Waals surface area contributed by atoms with Gasteiger partial charge in [0.1, 0.15) is 18.5 Å². The lowest BCUT2D eigenvalue weighted by atomic mass is 10.2. The number of aryl methyl sites for hydroxylation is 1. The first-order valence-corrected chi connectivity index (χ1v) is 7.35. The van der Waals surface area contributed by atoms with E-state index in [1.54, 1.807) is 0 Å². The number of aliphatic hydroxyl groups is 1. The first kappa shape index (κ1) is 15.3. The van der Waals surface area contributed by atoms with Crippen molar-refractivity contribution in [3.05, 3.63) is 29.8 Å². The van der Waals surface area contributed by atoms with Gasteiger partial charge in [-0.2, -0.15) is 0 Å². The summed E-state index contributed by atoms with van der Waals surface area (Å²) in [5, 5.41) is 10.2. The van der Waals surface area contributed by atoms with Gasteiger partial charge in [0.2, 0.25) is 0 Å². The molecule has 0 aromatic heterocycles. The number of aliphatic hydroxyl groups excluding tert-OH is 1. The summed E-state index contributed by atoms with van der Waals surface area (Å²) in [6.45, 7) is 7.59. The number of hydrogen-bond donors (Lipinski definition) is 1. The first-order valence-electron chi connectivity index (χ1n) is 7.35. The third-order valence-electron chi connectivity index (χ3n) is 3.80. The molecule has 1 N–H and O–H groups in total. The van der Waals surface area contributed by atoms with E-state index in [4.69, 9.17) is 9.47 Å². The van der Waals surface area contributed by atoms with Gasteiger partial charge in [-0.25, -0.2) is 0 Å². The molecule has 0 aliphatic carbocycles. The lowest BCUT2D eigenvalue weighted by molar-refractivity contribution is 0.0542. The Labute approximate surface area is 121 Å². The average Bonchev–Trinajstić information content (AvgIpc) is 2.63. The van der Waals surface area contributed by atoms with Crippen molar-refractivity contribution in [3.63, 3.8) is 0 Å². The zero-order valence-corrected chi connectivity index (χ0v) is 12.4. The predicted octanol–water partition coefficient (Wildman–Crippen LogP) is 1.85. The second-order valence-electron chi connectivity index (χ2n) is 5.48. The van der Waals surface area contributed by atoms with Gasteiger partial charge >= 0.3 is 0 Å². The minimum absolute atomic E-state index is 0.328. The molecule has 0 amide bonds. The summed E-state index contributed by atoms with van der Waals surface area (Å²) in [4.78, 5) is 2.28. The largest absolute Gasteiger partial charge is 0.491 e. The number of ether oxygens (including phenoxy) is 2. The van der Waals surface area contributed by atoms with Gasteiger partial charge in [0.05, 0.1) is 6.61 Å². The number of para-hydroxylation sites is 1. The Morgan fingerprint density at radius 1 is 1.40 bits per heavy atom. The standard InChI is InChI=1S/C16H25NO3/c1-13-5-3-4-6-16(13)20-12-15(18)11-17-8-10-19-9-7-14(17)2/h3-6,14-15,18H,7-12H2,1-2H3. The number of benzene rings is 1. The molecule has 112 valence electrons. The first-order chi connectivity index (χ1) is 9.66. The van der Waals surface area contributed by atoms with E-state index >= 15 is 0 Å². The lowest BCUT2D eigenvalue weighted by Gasteiger charge is -2.28. The van der Waals surface area contributed by atoms with E-state index < -0.39 is 6.10 Å². The van der Waals surface area contributed by atoms with Crippen molar-refractivity contribution in [1.29, 1.82) is 0 Å². The molecule has 1 saturated heterocycles. The van der Waals surface area contributed by atoms with Gasteiger partial charge in [0.15, 0.2) is 0 Å². The number of rotatable bonds is 5. The zero-order valence-electron chi connectivity index (χ0n) is 12.4. The number of nitrogens with zero attached hydrogens (tertiary/aromatic N) is 1. The fourth-order valence-corrected chi connectivity index (χ4v) is 2.44. The van der Waals surface area contributed by atoms with Gasteiger partial charge in [-0.3, -0.25) is 4.90 Å². The normalized spacial score (nSPS) is 22.2. The molecular weight excluding hydrogens is 254 g/mol. The van der Waals surface area contributed by atoms with Crippen molar-refractivity contribution in [1.82, 2.24) is 4.90 Å². The minimum atomic E-state index is -0.477. The summed E-state index contributed by atoms with van der Waals surface area (Å²) >= 11 is 0. The van der Waals surface area contributed by atoms with Crippen molar-refractivity contribution >= 4 is 0 Å². The quantitative estimate of drug-likeness (QED) is 0.893. The van der Waals surface area contributed by atoms with Crippen LogP contribution in [-0.4, -0.2) is 55.1 Å². The van der Waals surface area contributed by atoms with Gasteiger partial charge in [0.25, 0.3) is 0 Å². The molecular formula is C16H25NO3. The van der Waals surface area contributed by atoms with Gasteiger partial charge < -0.3 is 14.6 Å². The molecule has 4 nitrogen and oxygen atoms in total. The highest BCUT2D eigenvalue weighted by molar-refractivity contribution is 5.31. The molecule has 1 aliphatic heterocycles. The van der Waals surface area contributed by atoms with Crippen LogP contribution in [0.5, 0.6) is 5.75 Å². The number of β-amino-alcohol motifs (C(OH)–C–C–N with tert-alkyl or cyclic N) is 1. The summed E-state index contributed by atoms with van der Waals surface area (Å²) in [6.07, 6.45) is 0.543. The monoisotopic (exact) mass is 279 g/mol. The van der Waals surface area contributed by atoms with Crippen LogP contribution >= 0.6 is 0 Å². The highest BCUT2D eigenvalue weighted by Crippen LogP contribution is 2.16. The highest BCUT2D eigenvalue weighted by Gasteiger charge is 2.20. The average molecular weight is 279 g/mol. The van der Waals surface area contributed by atoms with E-state index in [0.29, 0.717) is 19.2 Å². The molecule has 2 atom stereocenters. The molecule has 0 radical (unpaired) electrons. The maximum absolute atomic E-state index is 10.2. The number of hydrogen-bond acceptors (Lipinski definition) is 4. The molecule has 20 heavy (non-hydrogen) atoms. The molecule has 1 aromatic carbocycles. The van der Waals surface area contributed by atoms with E-state index in [1.165, 1.54) is 0 Å². The Morgan fingerprint density at radius 3 is 3.00 bits per heavy atom. The maximum Gasteiger partial charge on any atom is 0.122 e. The molecule has 0 spiro atoms. The Hall–Kier alpha value is -1.10. The van der Waals surface area contributed by atoms with E-state index in [2.05, 4.69) is 11.8 Å². The van der Waals surface area contributed by atoms with Gasteiger partial charge in [-0.15, -0.1) is 0 Å². The van der Waals surface area contributed by atoms with E-state index in [1.807, 2.05) is 31.2 Å². The highest BCUT2D eigenvalue weighted by atomic mass is 16.5. The minimum Gasteiger partial charge on any atom is -0.491 e. The summed E-state index contributed by atoms with van der Waals surface area (Å²) in [5.74, 6) is 0.846. The molecule has 2 unspecified atom stereocenters. The zero-order chi connectivity index (χ0) is 14.4. The van der Waals surface area contributed by atoms with Gasteiger partial charge in [-0.1, -0.05) is 18.2 Å². The Bertz CT molecular complexity index is 410. The molecule has 0 bridgehead atoms. The molecule has 0 saturated carbocycles. The van der Waals surface area contributed by atoms with Gasteiger partial charge in [-0.05, 0) is 31.9 Å². The van der Waals surface area contributed by atoms with Crippen LogP contribution in [-0.2, 0) is 4.74 Å². The van der Waals surface area contributed by atoms with Crippen LogP contribution in [0, 0.1) is 6.92 Å². The summed E-state index contributed by atoms with van der Waals surface area (Å²) < 4.78 is 11.2. The van der Waals surface area contributed by atoms with Crippen molar-refractivity contribution < 1.29 is 14.6 Å². The van der Waals surface area contributed by atoms with Crippen molar-refractivity contribution in [2.45, 2.75) is 32.4 Å². The Kier molecular flexibility index (Phi) is 5.83. The summed E-state index contributed by atoms with van der Waals surface area (Å²) in [6, 6.07) is 8.33. The van der Waals surface area contributed by atoms with Crippen molar-refractivity contribution in [3.8, 4) is 5.75 Å². The second-order valence-corrected chi connectivity index (χ2v) is 5.48. The smallest absolute Gasteiger partial charge is 0.122 e. The fourth-order valence-electron chi connectivity index (χ4n) is 2.44. The third-order valence-corrected chi connectivity index (χ3v) is 3.80. The van der Waals surface area contributed by atoms with Gasteiger partial charge in [0, 0.05) is 25.7 Å². The third kappa shape index (κ3) is 4.47. The summed E-state index contributed by atoms with van der Waals surface area (Å²) in [5.41, 5.74) is 1.09. The van der Waals surface area contributed by atoms with Crippen molar-refractivity contribution in [2.75, 3.05) is 32.9 Å². The molecule has 2 rings (SSSR count). The maximum atomic E-state index is 10.2. The van der Waals surface area contributed by atoms with Crippen LogP contribution in [0.2, 0.25) is 0 Å². The van der Waals surface area contributed by atoms with Crippen LogP contribution in [0.1, 0.15) is 18.9 Å². The molecule has 1 aliphatic rings. The molecule has 1 aromatic rings. The second kappa shape index (κ2) is 7.62. The van der Waals surface area contributed by atoms with Crippen molar-refractivity contribution in [2.24, 2.45) is 0 Å². The molecule has 1 heterocycles. The SMILES string of the molecule is Cc1ccccc1OCC(O)CN1CCOCCC1C. The Morgan fingerprint density at radius 2 is 2.20 bits per heavy atom. The van der Waals surface area contributed by atoms with Crippen LogP contribution < -0.4 is 4.74 Å². The molecule has 4 heteroatoms. The van der Waals surface area contributed by atoms with Crippen LogP contribution in [0.25, 0.3) is 0 Å². The topological polar surface area (TPSA) is 41.9 Å².